The van der Waals surface area contributed by atoms with Crippen molar-refractivity contribution in [1.82, 2.24) is 44.7 Å². The molecule has 0 bridgehead atoms. The van der Waals surface area contributed by atoms with Gasteiger partial charge in [0.15, 0.2) is 5.82 Å². The van der Waals surface area contributed by atoms with E-state index in [0.717, 1.165) is 72.2 Å². The second-order valence-electron chi connectivity index (χ2n) is 21.6. The van der Waals surface area contributed by atoms with Gasteiger partial charge in [0.1, 0.15) is 23.9 Å². The number of fused-ring (bicyclic) bond motifs is 2. The van der Waals surface area contributed by atoms with Crippen molar-refractivity contribution in [3.8, 4) is 34.6 Å². The van der Waals surface area contributed by atoms with E-state index in [1.54, 1.807) is 30.9 Å². The minimum absolute atomic E-state index is 0.00163. The molecule has 2 fully saturated rings. The first kappa shape index (κ1) is 56.5. The Morgan fingerprint density at radius 3 is 2.26 bits per heavy atom. The second kappa shape index (κ2) is 24.5. The summed E-state index contributed by atoms with van der Waals surface area (Å²) in [5.74, 6) is -0.278. The number of anilines is 3. The number of phenolic OH excluding ortho intramolecular Hbond substituents is 2. The molecule has 82 heavy (non-hydrogen) atoms. The van der Waals surface area contributed by atoms with Gasteiger partial charge < -0.3 is 40.4 Å². The Morgan fingerprint density at radius 2 is 1.54 bits per heavy atom. The number of phenols is 2. The number of alkyl halides is 3. The summed E-state index contributed by atoms with van der Waals surface area (Å²) in [5.41, 5.74) is 7.33. The van der Waals surface area contributed by atoms with Crippen LogP contribution in [0.3, 0.4) is 0 Å². The maximum absolute atomic E-state index is 13.7. The Balaban J connectivity index is 0.720. The molecule has 4 N–H and O–H groups in total. The summed E-state index contributed by atoms with van der Waals surface area (Å²) in [6.45, 7) is 7.50. The summed E-state index contributed by atoms with van der Waals surface area (Å²) in [6.07, 6.45) is -0.680. The van der Waals surface area contributed by atoms with Gasteiger partial charge in [0.25, 0.3) is 5.91 Å². The van der Waals surface area contributed by atoms with Gasteiger partial charge in [0, 0.05) is 101 Å². The predicted octanol–water partition coefficient (Wildman–Crippen LogP) is 8.32. The number of benzene rings is 5. The number of nitrogens with one attached hydrogen (secondary N) is 2. The van der Waals surface area contributed by atoms with Crippen LogP contribution in [0.5, 0.6) is 11.5 Å². The lowest BCUT2D eigenvalue weighted by atomic mass is 9.90. The Labute approximate surface area is 473 Å². The van der Waals surface area contributed by atoms with Crippen LogP contribution in [0.4, 0.5) is 30.6 Å². The van der Waals surface area contributed by atoms with Crippen LogP contribution in [0.15, 0.2) is 103 Å². The third-order valence-electron chi connectivity index (χ3n) is 15.8. The molecule has 3 aliphatic heterocycles. The van der Waals surface area contributed by atoms with Crippen LogP contribution in [0.25, 0.3) is 27.8 Å². The highest BCUT2D eigenvalue weighted by Crippen LogP contribution is 2.37. The molecule has 0 spiro atoms. The topological polar surface area (TPSA) is 212 Å². The Kier molecular flexibility index (Phi) is 16.9. The van der Waals surface area contributed by atoms with Crippen LogP contribution in [0, 0.1) is 24.2 Å². The zero-order valence-corrected chi connectivity index (χ0v) is 46.2. The van der Waals surface area contributed by atoms with E-state index in [2.05, 4.69) is 96.9 Å². The number of piperidine rings is 1. The van der Waals surface area contributed by atoms with Crippen LogP contribution >= 0.6 is 0 Å². The summed E-state index contributed by atoms with van der Waals surface area (Å²) in [4.78, 5) is 59.8. The molecule has 2 aromatic heterocycles. The number of likely N-dealkylation sites (tertiary alicyclic amines) is 1. The van der Waals surface area contributed by atoms with E-state index in [0.29, 0.717) is 88.4 Å². The molecule has 1 unspecified atom stereocenters. The fourth-order valence-electron chi connectivity index (χ4n) is 11.5. The molecule has 0 saturated carbocycles. The first-order chi connectivity index (χ1) is 39.5. The van der Waals surface area contributed by atoms with Crippen molar-refractivity contribution in [3.05, 3.63) is 142 Å². The van der Waals surface area contributed by atoms with Crippen molar-refractivity contribution >= 4 is 45.9 Å². The highest BCUT2D eigenvalue weighted by Gasteiger charge is 2.34. The van der Waals surface area contributed by atoms with Crippen LogP contribution in [0.2, 0.25) is 0 Å². The van der Waals surface area contributed by atoms with Crippen LogP contribution in [0.1, 0.15) is 76.7 Å². The molecular weight excluding hydrogens is 1050 g/mol. The number of hydrogen-bond acceptors (Lipinski definition) is 14. The first-order valence-corrected chi connectivity index (χ1v) is 27.7. The van der Waals surface area contributed by atoms with Crippen LogP contribution in [-0.2, 0) is 42.1 Å². The van der Waals surface area contributed by atoms with Crippen molar-refractivity contribution in [2.75, 3.05) is 74.5 Å². The Morgan fingerprint density at radius 1 is 0.829 bits per heavy atom. The number of nitriles is 1. The molecule has 21 heteroatoms. The van der Waals surface area contributed by atoms with E-state index in [4.69, 9.17) is 9.97 Å². The van der Waals surface area contributed by atoms with Gasteiger partial charge in [0.05, 0.1) is 36.3 Å². The van der Waals surface area contributed by atoms with Crippen molar-refractivity contribution in [1.29, 1.82) is 5.26 Å². The minimum atomic E-state index is -4.65. The van der Waals surface area contributed by atoms with Gasteiger partial charge in [-0.2, -0.15) is 23.4 Å². The normalized spacial score (nSPS) is 15.9. The zero-order valence-electron chi connectivity index (χ0n) is 46.2. The highest BCUT2D eigenvalue weighted by atomic mass is 19.4. The molecule has 426 valence electrons. The lowest BCUT2D eigenvalue weighted by Gasteiger charge is -2.42. The van der Waals surface area contributed by atoms with Gasteiger partial charge in [-0.3, -0.25) is 23.9 Å². The van der Waals surface area contributed by atoms with Crippen molar-refractivity contribution < 1.29 is 37.8 Å². The van der Waals surface area contributed by atoms with Crippen LogP contribution in [-0.4, -0.2) is 139 Å². The third kappa shape index (κ3) is 13.0. The van der Waals surface area contributed by atoms with Crippen molar-refractivity contribution in [3.63, 3.8) is 0 Å². The summed E-state index contributed by atoms with van der Waals surface area (Å²) < 4.78 is 40.4. The first-order valence-electron chi connectivity index (χ1n) is 27.7. The van der Waals surface area contributed by atoms with Crippen molar-refractivity contribution in [2.24, 2.45) is 5.92 Å². The van der Waals surface area contributed by atoms with Gasteiger partial charge in [-0.1, -0.05) is 72.8 Å². The molecule has 5 heterocycles. The molecule has 3 amide bonds. The molecule has 10 rings (SSSR count). The molecule has 18 nitrogen and oxygen atoms in total. The van der Waals surface area contributed by atoms with Crippen LogP contribution < -0.4 is 20.4 Å². The molecule has 5 aromatic carbocycles. The van der Waals surface area contributed by atoms with Gasteiger partial charge in [-0.15, -0.1) is 10.2 Å². The number of rotatable bonds is 17. The molecule has 3 aliphatic rings. The van der Waals surface area contributed by atoms with Gasteiger partial charge in [-0.25, -0.2) is 4.98 Å². The molecule has 2 saturated heterocycles. The van der Waals surface area contributed by atoms with E-state index in [9.17, 15) is 43.0 Å². The van der Waals surface area contributed by atoms with Gasteiger partial charge in [0.2, 0.25) is 23.6 Å². The Hall–Kier alpha value is -8.77. The van der Waals surface area contributed by atoms with Crippen molar-refractivity contribution in [2.45, 2.75) is 84.2 Å². The number of nitrogens with zero attached hydrogens (tertiary/aromatic N) is 11. The molecule has 7 aromatic rings. The molecular formula is C61H66F3N13O5. The highest BCUT2D eigenvalue weighted by molar-refractivity contribution is 5.94. The van der Waals surface area contributed by atoms with E-state index in [1.165, 1.54) is 27.0 Å². The SMILES string of the molecule is CC(=O)N1CCN(c2nc(NCCC(=O)N3CCC(Cc4ccc(CN(C)Cc5ccc(-n6c(C(=O)NCC(F)(F)F)nnc6-c6cc(C)c(O)cc6O)cc5)cc4)CC3)nc3c2CCN(c2cccc4ccccc24)C3)CC1CC#N. The minimum Gasteiger partial charge on any atom is -0.508 e. The summed E-state index contributed by atoms with van der Waals surface area (Å²) in [5, 5.41) is 46.1. The standard InChI is InChI=1S/C61H66F3N13O5/c1-39-31-50(54(80)33-53(39)79)57-70-71-58(59(82)67-38-61(62,63)64)77(57)46-17-15-44(16-18-46)35-72(3)34-43-13-11-41(12-14-43)32-42-21-26-73(27-22-42)55(81)20-25-66-60-68-51-37-74(52-10-6-8-45-7-4-5-9-48(45)52)28-23-49(51)56(69-60)75-29-30-76(40(2)78)47(36-75)19-24-65/h4-18,31,33,42,47,79-80H,19-23,25-30,32,34-38H2,1-3H3,(H,67,82)(H,66,68,69). The molecule has 0 radical (unpaired) electrons. The maximum atomic E-state index is 13.7. The maximum Gasteiger partial charge on any atom is 0.405 e. The van der Waals surface area contributed by atoms with E-state index < -0.39 is 24.5 Å². The number of hydrogen-bond donors (Lipinski definition) is 4. The number of carbonyl (C=O) groups excluding carboxylic acids is 3. The number of aromatic hydroxyl groups is 2. The monoisotopic (exact) mass is 1120 g/mol. The lowest BCUT2D eigenvalue weighted by molar-refractivity contribution is -0.132. The van der Waals surface area contributed by atoms with E-state index in [-0.39, 0.29) is 47.2 Å². The quantitative estimate of drug-likeness (QED) is 0.0676. The summed E-state index contributed by atoms with van der Waals surface area (Å²) in [7, 11) is 2.00. The average molecular weight is 1120 g/mol. The number of piperazine rings is 1. The lowest BCUT2D eigenvalue weighted by Crippen LogP contribution is -2.55. The fraction of sp³-hybridized carbons (Fsp3) is 0.377. The second-order valence-corrected chi connectivity index (χ2v) is 21.6. The number of carbonyl (C=O) groups is 3. The summed E-state index contributed by atoms with van der Waals surface area (Å²) >= 11 is 0. The average Bonchev–Trinajstić information content (AvgIpc) is 4.04. The zero-order chi connectivity index (χ0) is 57.7. The van der Waals surface area contributed by atoms with E-state index in [1.807, 2.05) is 35.5 Å². The van der Waals surface area contributed by atoms with Gasteiger partial charge in [-0.05, 0) is 97.5 Å². The molecule has 0 aliphatic carbocycles. The number of halogens is 3. The third-order valence-corrected chi connectivity index (χ3v) is 15.8. The molecule has 1 atom stereocenters. The Bertz CT molecular complexity index is 3500. The smallest absolute Gasteiger partial charge is 0.405 e. The number of aryl methyl sites for hydroxylation is 1. The fourth-order valence-corrected chi connectivity index (χ4v) is 11.5. The number of aromatic nitrogens is 5. The van der Waals surface area contributed by atoms with Gasteiger partial charge >= 0.3 is 6.18 Å². The largest absolute Gasteiger partial charge is 0.508 e. The number of amides is 3. The van der Waals surface area contributed by atoms with E-state index >= 15 is 0 Å². The summed E-state index contributed by atoms with van der Waals surface area (Å²) in [6, 6.07) is 35.0. The predicted molar refractivity (Wildman–Crippen MR) is 305 cm³/mol.